The summed E-state index contributed by atoms with van der Waals surface area (Å²) in [4.78, 5) is 23.5. The zero-order chi connectivity index (χ0) is 17.1. The Morgan fingerprint density at radius 2 is 2.00 bits per heavy atom. The minimum absolute atomic E-state index is 0.171. The predicted molar refractivity (Wildman–Crippen MR) is 93.7 cm³/mol. The number of carbonyl (C=O) groups is 2. The van der Waals surface area contributed by atoms with Crippen molar-refractivity contribution in [1.82, 2.24) is 5.32 Å². The molecule has 0 radical (unpaired) electrons. The van der Waals surface area contributed by atoms with Crippen LogP contribution in [0.2, 0.25) is 0 Å². The summed E-state index contributed by atoms with van der Waals surface area (Å²) in [7, 11) is 0. The second-order valence-corrected chi connectivity index (χ2v) is 6.44. The summed E-state index contributed by atoms with van der Waals surface area (Å²) in [5, 5.41) is 5.50. The lowest BCUT2D eigenvalue weighted by atomic mass is 10.1. The Hall–Kier alpha value is -1.73. The third-order valence-corrected chi connectivity index (χ3v) is 3.97. The first-order valence-corrected chi connectivity index (χ1v) is 8.60. The summed E-state index contributed by atoms with van der Waals surface area (Å²) in [5.41, 5.74) is 5.79. The number of rotatable bonds is 10. The third kappa shape index (κ3) is 9.10. The minimum atomic E-state index is -0.396. The van der Waals surface area contributed by atoms with E-state index in [9.17, 15) is 9.59 Å². The standard InChI is InChI=1S/C16H25N3O3S/c1-12(2)7-9-22-10-8-18-16(21)19-13-5-3-4-6-14(13)23-11-15(17)20/h3-6,12H,7-11H2,1-2H3,(H2,17,20)(H2,18,19,21). The fraction of sp³-hybridized carbons (Fsp3) is 0.500. The van der Waals surface area contributed by atoms with Crippen molar-refractivity contribution in [3.63, 3.8) is 0 Å². The number of ether oxygens (including phenoxy) is 1. The van der Waals surface area contributed by atoms with Crippen LogP contribution in [-0.4, -0.2) is 37.4 Å². The molecule has 1 aromatic carbocycles. The van der Waals surface area contributed by atoms with E-state index in [1.807, 2.05) is 18.2 Å². The van der Waals surface area contributed by atoms with Gasteiger partial charge in [-0.15, -0.1) is 11.8 Å². The second-order valence-electron chi connectivity index (χ2n) is 5.43. The number of para-hydroxylation sites is 1. The van der Waals surface area contributed by atoms with Crippen LogP contribution in [0.15, 0.2) is 29.2 Å². The Morgan fingerprint density at radius 3 is 2.70 bits per heavy atom. The molecule has 0 saturated carbocycles. The lowest BCUT2D eigenvalue weighted by molar-refractivity contribution is -0.115. The number of nitrogens with two attached hydrogens (primary N) is 1. The molecule has 0 heterocycles. The van der Waals surface area contributed by atoms with Gasteiger partial charge in [-0.25, -0.2) is 4.79 Å². The Labute approximate surface area is 141 Å². The van der Waals surface area contributed by atoms with Crippen molar-refractivity contribution < 1.29 is 14.3 Å². The van der Waals surface area contributed by atoms with Gasteiger partial charge < -0.3 is 21.1 Å². The number of benzene rings is 1. The summed E-state index contributed by atoms with van der Waals surface area (Å²) in [6.45, 7) is 5.91. The fourth-order valence-electron chi connectivity index (χ4n) is 1.67. The number of hydrogen-bond acceptors (Lipinski definition) is 4. The maximum absolute atomic E-state index is 11.9. The minimum Gasteiger partial charge on any atom is -0.380 e. The molecule has 0 fully saturated rings. The van der Waals surface area contributed by atoms with Crippen LogP contribution in [0, 0.1) is 5.92 Å². The molecule has 7 heteroatoms. The number of nitrogens with one attached hydrogen (secondary N) is 2. The van der Waals surface area contributed by atoms with E-state index in [4.69, 9.17) is 10.5 Å². The molecule has 0 aliphatic heterocycles. The number of hydrogen-bond donors (Lipinski definition) is 3. The van der Waals surface area contributed by atoms with Gasteiger partial charge in [0.25, 0.3) is 0 Å². The van der Waals surface area contributed by atoms with Crippen LogP contribution < -0.4 is 16.4 Å². The third-order valence-electron chi connectivity index (χ3n) is 2.88. The number of carbonyl (C=O) groups excluding carboxylic acids is 2. The Kier molecular flexibility index (Phi) is 9.16. The van der Waals surface area contributed by atoms with E-state index >= 15 is 0 Å². The van der Waals surface area contributed by atoms with Gasteiger partial charge in [-0.3, -0.25) is 4.79 Å². The summed E-state index contributed by atoms with van der Waals surface area (Å²) < 4.78 is 5.44. The molecule has 0 bridgehead atoms. The zero-order valence-corrected chi connectivity index (χ0v) is 14.4. The number of thioether (sulfide) groups is 1. The van der Waals surface area contributed by atoms with Gasteiger partial charge in [0.1, 0.15) is 0 Å². The summed E-state index contributed by atoms with van der Waals surface area (Å²) in [5.74, 6) is 0.387. The van der Waals surface area contributed by atoms with E-state index in [0.717, 1.165) is 11.3 Å². The Morgan fingerprint density at radius 1 is 1.26 bits per heavy atom. The largest absolute Gasteiger partial charge is 0.380 e. The van der Waals surface area contributed by atoms with Crippen LogP contribution in [0.3, 0.4) is 0 Å². The highest BCUT2D eigenvalue weighted by atomic mass is 32.2. The van der Waals surface area contributed by atoms with Gasteiger partial charge in [-0.2, -0.15) is 0 Å². The molecule has 0 unspecified atom stereocenters. The lowest BCUT2D eigenvalue weighted by Crippen LogP contribution is -2.31. The first-order valence-electron chi connectivity index (χ1n) is 7.61. The predicted octanol–water partition coefficient (Wildman–Crippen LogP) is 2.45. The summed E-state index contributed by atoms with van der Waals surface area (Å²) in [6, 6.07) is 6.97. The molecular formula is C16H25N3O3S. The van der Waals surface area contributed by atoms with Gasteiger partial charge in [0.2, 0.25) is 5.91 Å². The van der Waals surface area contributed by atoms with E-state index in [0.29, 0.717) is 31.4 Å². The fourth-order valence-corrected chi connectivity index (χ4v) is 2.42. The van der Waals surface area contributed by atoms with Crippen LogP contribution >= 0.6 is 11.8 Å². The molecule has 0 saturated heterocycles. The van der Waals surface area contributed by atoms with Crippen molar-refractivity contribution in [1.29, 1.82) is 0 Å². The second kappa shape index (κ2) is 10.9. The number of anilines is 1. The monoisotopic (exact) mass is 339 g/mol. The van der Waals surface area contributed by atoms with Crippen LogP contribution in [0.25, 0.3) is 0 Å². The average Bonchev–Trinajstić information content (AvgIpc) is 2.49. The van der Waals surface area contributed by atoms with Crippen LogP contribution in [0.1, 0.15) is 20.3 Å². The quantitative estimate of drug-likeness (QED) is 0.451. The van der Waals surface area contributed by atoms with Crippen molar-refractivity contribution >= 4 is 29.4 Å². The topological polar surface area (TPSA) is 93.4 Å². The molecule has 0 aliphatic carbocycles. The summed E-state index contributed by atoms with van der Waals surface area (Å²) in [6.07, 6.45) is 1.01. The molecule has 0 aliphatic rings. The molecule has 1 rings (SSSR count). The van der Waals surface area contributed by atoms with Gasteiger partial charge in [0, 0.05) is 18.0 Å². The van der Waals surface area contributed by atoms with Crippen LogP contribution in [0.4, 0.5) is 10.5 Å². The molecule has 1 aromatic rings. The highest BCUT2D eigenvalue weighted by Gasteiger charge is 2.07. The number of primary amides is 1. The molecule has 4 N–H and O–H groups in total. The lowest BCUT2D eigenvalue weighted by Gasteiger charge is -2.11. The molecule has 6 nitrogen and oxygen atoms in total. The van der Waals surface area contributed by atoms with Gasteiger partial charge >= 0.3 is 6.03 Å². The number of amides is 3. The maximum atomic E-state index is 11.9. The SMILES string of the molecule is CC(C)CCOCCNC(=O)Nc1ccccc1SCC(N)=O. The smallest absolute Gasteiger partial charge is 0.319 e. The average molecular weight is 339 g/mol. The van der Waals surface area contributed by atoms with Crippen molar-refractivity contribution in [2.24, 2.45) is 11.7 Å². The number of urea groups is 1. The molecule has 23 heavy (non-hydrogen) atoms. The Bertz CT molecular complexity index is 509. The highest BCUT2D eigenvalue weighted by molar-refractivity contribution is 8.00. The van der Waals surface area contributed by atoms with Gasteiger partial charge in [-0.05, 0) is 24.5 Å². The van der Waals surface area contributed by atoms with Crippen LogP contribution in [0.5, 0.6) is 0 Å². The van der Waals surface area contributed by atoms with E-state index in [1.165, 1.54) is 11.8 Å². The zero-order valence-electron chi connectivity index (χ0n) is 13.6. The van der Waals surface area contributed by atoms with Gasteiger partial charge in [0.15, 0.2) is 0 Å². The van der Waals surface area contributed by atoms with Crippen molar-refractivity contribution in [3.05, 3.63) is 24.3 Å². The normalized spacial score (nSPS) is 10.6. The van der Waals surface area contributed by atoms with Crippen molar-refractivity contribution in [2.75, 3.05) is 30.8 Å². The highest BCUT2D eigenvalue weighted by Crippen LogP contribution is 2.26. The van der Waals surface area contributed by atoms with Crippen molar-refractivity contribution in [2.45, 2.75) is 25.2 Å². The van der Waals surface area contributed by atoms with E-state index in [1.54, 1.807) is 6.07 Å². The molecule has 128 valence electrons. The van der Waals surface area contributed by atoms with E-state index in [-0.39, 0.29) is 11.8 Å². The van der Waals surface area contributed by atoms with Gasteiger partial charge in [0.05, 0.1) is 18.0 Å². The maximum Gasteiger partial charge on any atom is 0.319 e. The Balaban J connectivity index is 2.32. The van der Waals surface area contributed by atoms with Gasteiger partial charge in [-0.1, -0.05) is 26.0 Å². The van der Waals surface area contributed by atoms with E-state index in [2.05, 4.69) is 24.5 Å². The van der Waals surface area contributed by atoms with Crippen LogP contribution in [-0.2, 0) is 9.53 Å². The van der Waals surface area contributed by atoms with Crippen molar-refractivity contribution in [3.8, 4) is 0 Å². The molecule has 3 amide bonds. The molecule has 0 spiro atoms. The summed E-state index contributed by atoms with van der Waals surface area (Å²) >= 11 is 1.29. The first-order chi connectivity index (χ1) is 11.0. The molecule has 0 aromatic heterocycles. The molecule has 0 atom stereocenters. The molecular weight excluding hydrogens is 314 g/mol. The van der Waals surface area contributed by atoms with E-state index < -0.39 is 5.91 Å². The first kappa shape index (κ1) is 19.3.